The summed E-state index contributed by atoms with van der Waals surface area (Å²) >= 11 is 1.23. The number of thiophene rings is 1. The standard InChI is InChI=1S/C21H16N2O5S2/c24-20-19(11-22-15-6-7-17-18(10-15)28-13-27-17)30(25,26)23(16-8-9-29-21(16)20)12-14-4-2-1-3-5-14/h1-11,22H,12-13H2/b19-11+. The molecule has 0 saturated heterocycles. The Balaban J connectivity index is 1.52. The van der Waals surface area contributed by atoms with E-state index in [1.54, 1.807) is 29.6 Å². The van der Waals surface area contributed by atoms with Crippen LogP contribution in [0.15, 0.2) is 71.1 Å². The Bertz CT molecular complexity index is 1270. The van der Waals surface area contributed by atoms with Crippen molar-refractivity contribution in [2.75, 3.05) is 16.4 Å². The zero-order valence-electron chi connectivity index (χ0n) is 15.6. The van der Waals surface area contributed by atoms with Gasteiger partial charge >= 0.3 is 0 Å². The van der Waals surface area contributed by atoms with Gasteiger partial charge in [0.25, 0.3) is 10.0 Å². The van der Waals surface area contributed by atoms with Gasteiger partial charge in [-0.1, -0.05) is 30.3 Å². The van der Waals surface area contributed by atoms with Gasteiger partial charge in [-0.2, -0.15) is 0 Å². The Kier molecular flexibility index (Phi) is 4.48. The Morgan fingerprint density at radius 3 is 2.70 bits per heavy atom. The first-order valence-corrected chi connectivity index (χ1v) is 11.4. The van der Waals surface area contributed by atoms with Gasteiger partial charge in [0, 0.05) is 18.0 Å². The number of nitrogens with zero attached hydrogens (tertiary/aromatic N) is 1. The average Bonchev–Trinajstić information content (AvgIpc) is 3.41. The van der Waals surface area contributed by atoms with Crippen LogP contribution in [-0.2, 0) is 16.6 Å². The van der Waals surface area contributed by atoms with E-state index in [2.05, 4.69) is 5.32 Å². The largest absolute Gasteiger partial charge is 0.454 e. The topological polar surface area (TPSA) is 84.9 Å². The molecule has 0 unspecified atom stereocenters. The van der Waals surface area contributed by atoms with E-state index in [9.17, 15) is 13.2 Å². The molecule has 0 spiro atoms. The highest BCUT2D eigenvalue weighted by Gasteiger charge is 2.41. The number of fused-ring (bicyclic) bond motifs is 2. The van der Waals surface area contributed by atoms with Crippen LogP contribution in [-0.4, -0.2) is 21.0 Å². The number of ether oxygens (including phenoxy) is 2. The van der Waals surface area contributed by atoms with Gasteiger partial charge in [-0.05, 0) is 29.1 Å². The lowest BCUT2D eigenvalue weighted by Gasteiger charge is -2.29. The van der Waals surface area contributed by atoms with Crippen molar-refractivity contribution in [3.8, 4) is 11.5 Å². The van der Waals surface area contributed by atoms with E-state index in [0.29, 0.717) is 27.8 Å². The number of carbonyl (C=O) groups is 1. The summed E-state index contributed by atoms with van der Waals surface area (Å²) in [4.78, 5) is 13.1. The lowest BCUT2D eigenvalue weighted by Crippen LogP contribution is -2.38. The van der Waals surface area contributed by atoms with Gasteiger partial charge in [0.1, 0.15) is 4.88 Å². The molecule has 0 amide bonds. The maximum Gasteiger partial charge on any atom is 0.270 e. The number of anilines is 2. The average molecular weight is 441 g/mol. The van der Waals surface area contributed by atoms with Crippen molar-refractivity contribution < 1.29 is 22.7 Å². The molecule has 5 rings (SSSR count). The molecule has 3 heterocycles. The number of ketones is 1. The highest BCUT2D eigenvalue weighted by Crippen LogP contribution is 2.40. The Morgan fingerprint density at radius 2 is 1.87 bits per heavy atom. The minimum Gasteiger partial charge on any atom is -0.454 e. The molecule has 0 aliphatic carbocycles. The van der Waals surface area contributed by atoms with Crippen molar-refractivity contribution in [3.05, 3.63) is 81.5 Å². The Hall–Kier alpha value is -3.30. The third kappa shape index (κ3) is 3.12. The van der Waals surface area contributed by atoms with E-state index in [4.69, 9.17) is 9.47 Å². The molecule has 0 saturated carbocycles. The first-order chi connectivity index (χ1) is 14.5. The van der Waals surface area contributed by atoms with Crippen LogP contribution < -0.4 is 19.1 Å². The molecule has 7 nitrogen and oxygen atoms in total. The molecule has 3 aromatic rings. The van der Waals surface area contributed by atoms with Crippen molar-refractivity contribution >= 4 is 38.5 Å². The minimum absolute atomic E-state index is 0.140. The van der Waals surface area contributed by atoms with Crippen LogP contribution in [0.3, 0.4) is 0 Å². The van der Waals surface area contributed by atoms with Crippen molar-refractivity contribution in [1.29, 1.82) is 0 Å². The van der Waals surface area contributed by atoms with Crippen LogP contribution in [0.1, 0.15) is 15.2 Å². The molecule has 0 radical (unpaired) electrons. The van der Waals surface area contributed by atoms with E-state index in [1.165, 1.54) is 21.8 Å². The third-order valence-corrected chi connectivity index (χ3v) is 7.49. The number of allylic oxidation sites excluding steroid dienone is 1. The highest BCUT2D eigenvalue weighted by atomic mass is 32.2. The van der Waals surface area contributed by atoms with E-state index in [0.717, 1.165) is 5.56 Å². The van der Waals surface area contributed by atoms with E-state index in [1.807, 2.05) is 30.3 Å². The van der Waals surface area contributed by atoms with Gasteiger partial charge in [-0.25, -0.2) is 8.42 Å². The molecule has 2 aliphatic rings. The quantitative estimate of drug-likeness (QED) is 0.618. The first-order valence-electron chi connectivity index (χ1n) is 9.09. The molecule has 2 aliphatic heterocycles. The lowest BCUT2D eigenvalue weighted by molar-refractivity contribution is 0.104. The number of carbonyl (C=O) groups excluding carboxylic acids is 1. The fourth-order valence-electron chi connectivity index (χ4n) is 3.34. The maximum absolute atomic E-state index is 13.4. The highest BCUT2D eigenvalue weighted by molar-refractivity contribution is 7.97. The van der Waals surface area contributed by atoms with Crippen molar-refractivity contribution in [3.63, 3.8) is 0 Å². The smallest absolute Gasteiger partial charge is 0.270 e. The second kappa shape index (κ2) is 7.19. The van der Waals surface area contributed by atoms with Gasteiger partial charge < -0.3 is 14.8 Å². The fourth-order valence-corrected chi connectivity index (χ4v) is 5.82. The van der Waals surface area contributed by atoms with E-state index < -0.39 is 15.8 Å². The molecule has 0 bridgehead atoms. The summed E-state index contributed by atoms with van der Waals surface area (Å²) in [7, 11) is -4.04. The lowest BCUT2D eigenvalue weighted by atomic mass is 10.2. The number of benzene rings is 2. The number of nitrogens with one attached hydrogen (secondary N) is 1. The zero-order chi connectivity index (χ0) is 20.7. The van der Waals surface area contributed by atoms with E-state index in [-0.39, 0.29) is 18.2 Å². The summed E-state index contributed by atoms with van der Waals surface area (Å²) in [6.07, 6.45) is 1.25. The molecule has 30 heavy (non-hydrogen) atoms. The third-order valence-electron chi connectivity index (χ3n) is 4.82. The minimum atomic E-state index is -4.04. The van der Waals surface area contributed by atoms with Gasteiger partial charge in [0.2, 0.25) is 12.6 Å². The Labute approximate surface area is 177 Å². The number of sulfonamides is 1. The van der Waals surface area contributed by atoms with Crippen LogP contribution in [0, 0.1) is 0 Å². The van der Waals surface area contributed by atoms with Crippen LogP contribution in [0.4, 0.5) is 11.4 Å². The summed E-state index contributed by atoms with van der Waals surface area (Å²) in [6, 6.07) is 16.1. The molecule has 0 fully saturated rings. The van der Waals surface area contributed by atoms with Crippen LogP contribution in [0.2, 0.25) is 0 Å². The number of rotatable bonds is 4. The van der Waals surface area contributed by atoms with E-state index >= 15 is 0 Å². The second-order valence-corrected chi connectivity index (χ2v) is 9.43. The number of hydrogen-bond donors (Lipinski definition) is 1. The molecule has 0 atom stereocenters. The molecule has 2 aromatic carbocycles. The molecular formula is C21H16N2O5S2. The first kappa shape index (κ1) is 18.7. The summed E-state index contributed by atoms with van der Waals surface area (Å²) < 4.78 is 38.6. The molecule has 152 valence electrons. The van der Waals surface area contributed by atoms with Crippen molar-refractivity contribution in [2.45, 2.75) is 6.54 Å². The van der Waals surface area contributed by atoms with Gasteiger partial charge in [0.05, 0.1) is 12.2 Å². The molecular weight excluding hydrogens is 424 g/mol. The Morgan fingerprint density at radius 1 is 1.07 bits per heavy atom. The zero-order valence-corrected chi connectivity index (χ0v) is 17.2. The monoisotopic (exact) mass is 440 g/mol. The van der Waals surface area contributed by atoms with Gasteiger partial charge in [-0.15, -0.1) is 11.3 Å². The summed E-state index contributed by atoms with van der Waals surface area (Å²) in [5, 5.41) is 4.64. The van der Waals surface area contributed by atoms with Gasteiger partial charge in [-0.3, -0.25) is 9.10 Å². The second-order valence-electron chi connectivity index (χ2n) is 6.68. The maximum atomic E-state index is 13.4. The van der Waals surface area contributed by atoms with Crippen molar-refractivity contribution in [2.24, 2.45) is 0 Å². The van der Waals surface area contributed by atoms with Crippen LogP contribution >= 0.6 is 11.3 Å². The molecule has 1 aromatic heterocycles. The normalized spacial score (nSPS) is 17.8. The van der Waals surface area contributed by atoms with Gasteiger partial charge in [0.15, 0.2) is 16.4 Å². The number of hydrogen-bond acceptors (Lipinski definition) is 7. The summed E-state index contributed by atoms with van der Waals surface area (Å²) in [6.45, 7) is 0.282. The summed E-state index contributed by atoms with van der Waals surface area (Å²) in [5.74, 6) is 0.659. The SMILES string of the molecule is O=C1/C(=C\Nc2ccc3c(c2)OCO3)S(=O)(=O)N(Cc2ccccc2)c2ccsc21. The van der Waals surface area contributed by atoms with Crippen LogP contribution in [0.5, 0.6) is 11.5 Å². The van der Waals surface area contributed by atoms with Crippen molar-refractivity contribution in [1.82, 2.24) is 0 Å². The number of Topliss-reactive ketones (excluding diaryl/α,β-unsaturated/α-hetero) is 1. The predicted octanol–water partition coefficient (Wildman–Crippen LogP) is 3.96. The van der Waals surface area contributed by atoms with Crippen LogP contribution in [0.25, 0.3) is 0 Å². The molecule has 9 heteroatoms. The predicted molar refractivity (Wildman–Crippen MR) is 114 cm³/mol. The summed E-state index contributed by atoms with van der Waals surface area (Å²) in [5.41, 5.74) is 1.83. The fraction of sp³-hybridized carbons (Fsp3) is 0.0952. The molecule has 1 N–H and O–H groups in total.